The van der Waals surface area contributed by atoms with E-state index >= 15 is 0 Å². The van der Waals surface area contributed by atoms with Crippen molar-refractivity contribution in [2.24, 2.45) is 5.73 Å². The van der Waals surface area contributed by atoms with Crippen LogP contribution >= 0.6 is 39.5 Å². The van der Waals surface area contributed by atoms with Gasteiger partial charge in [0.25, 0.3) is 0 Å². The molecule has 5 aromatic rings. The number of rotatable bonds is 10. The molecule has 56 heavy (non-hydrogen) atoms. The van der Waals surface area contributed by atoms with Crippen LogP contribution in [-0.2, 0) is 20.4 Å². The molecule has 0 aliphatic rings. The van der Waals surface area contributed by atoms with Gasteiger partial charge in [-0.25, -0.2) is 29.7 Å². The number of ether oxygens (including phenoxy) is 2. The summed E-state index contributed by atoms with van der Waals surface area (Å²) in [6, 6.07) is 8.53. The first-order valence-corrected chi connectivity index (χ1v) is 17.5. The topological polar surface area (TPSA) is 210 Å². The Morgan fingerprint density at radius 3 is 2.05 bits per heavy atom. The molecule has 5 heterocycles. The summed E-state index contributed by atoms with van der Waals surface area (Å²) in [7, 11) is -1.00. The third kappa shape index (κ3) is 16.0. The molecule has 0 fully saturated rings. The van der Waals surface area contributed by atoms with Gasteiger partial charge in [0.2, 0.25) is 17.7 Å². The van der Waals surface area contributed by atoms with Crippen LogP contribution < -0.4 is 16.4 Å². The summed E-state index contributed by atoms with van der Waals surface area (Å²) < 4.78 is 62.6. The zero-order chi connectivity index (χ0) is 41.7. The zero-order valence-electron chi connectivity index (χ0n) is 30.1. The Hall–Kier alpha value is -5.61. The number of halogens is 5. The fourth-order valence-corrected chi connectivity index (χ4v) is 4.99. The number of hydrogen-bond donors (Lipinski definition) is 3. The number of aromatic nitrogens is 7. The first kappa shape index (κ1) is 46.5. The third-order valence-electron chi connectivity index (χ3n) is 5.89. The van der Waals surface area contributed by atoms with Gasteiger partial charge >= 0.3 is 18.1 Å². The smallest absolute Gasteiger partial charge is 0.416 e. The second-order valence-corrected chi connectivity index (χ2v) is 12.2. The lowest BCUT2D eigenvalue weighted by Gasteiger charge is -2.10. The maximum Gasteiger partial charge on any atom is 0.416 e. The van der Waals surface area contributed by atoms with Crippen LogP contribution in [-0.4, -0.2) is 82.9 Å². The molecular formula is C34H37BrF4N10O5S2. The summed E-state index contributed by atoms with van der Waals surface area (Å²) in [5.41, 5.74) is 5.85. The fraction of sp³-hybridized carbons (Fsp3) is 0.265. The number of alkyl halides is 5. The van der Waals surface area contributed by atoms with E-state index in [1.165, 1.54) is 11.3 Å². The molecule has 4 N–H and O–H groups in total. The van der Waals surface area contributed by atoms with E-state index in [0.717, 1.165) is 17.8 Å². The maximum absolute atomic E-state index is 12.5. The number of nitrogens with two attached hydrogens (primary N) is 1. The highest BCUT2D eigenvalue weighted by Gasteiger charge is 2.33. The lowest BCUT2D eigenvalue weighted by atomic mass is 10.1. The zero-order valence-corrected chi connectivity index (χ0v) is 32.3. The number of pyridine rings is 2. The predicted molar refractivity (Wildman–Crippen MR) is 210 cm³/mol. The van der Waals surface area contributed by atoms with Gasteiger partial charge in [-0.2, -0.15) is 13.2 Å². The maximum atomic E-state index is 12.5. The van der Waals surface area contributed by atoms with Gasteiger partial charge in [-0.05, 0) is 75.0 Å². The summed E-state index contributed by atoms with van der Waals surface area (Å²) in [4.78, 5) is 62.5. The van der Waals surface area contributed by atoms with Gasteiger partial charge in [0.05, 0.1) is 33.0 Å². The van der Waals surface area contributed by atoms with Gasteiger partial charge in [0, 0.05) is 37.2 Å². The number of esters is 2. The molecule has 0 saturated carbocycles. The minimum atomic E-state index is -4.58. The van der Waals surface area contributed by atoms with Gasteiger partial charge in [-0.3, -0.25) is 23.9 Å². The Kier molecular flexibility index (Phi) is 20.6. The summed E-state index contributed by atoms with van der Waals surface area (Å²) in [6.07, 6.45) is 4.43. The van der Waals surface area contributed by atoms with Crippen LogP contribution in [0.1, 0.15) is 53.9 Å². The van der Waals surface area contributed by atoms with E-state index in [2.05, 4.69) is 78.4 Å². The normalized spacial score (nSPS) is 10.8. The first-order valence-electron chi connectivity index (χ1n) is 16.1. The van der Waals surface area contributed by atoms with Crippen molar-refractivity contribution < 1.29 is 42.8 Å². The van der Waals surface area contributed by atoms with Crippen LogP contribution in [0, 0.1) is 6.92 Å². The Bertz CT molecular complexity index is 2020. The van der Waals surface area contributed by atoms with Gasteiger partial charge in [0.15, 0.2) is 15.1 Å². The minimum Gasteiger partial charge on any atom is -0.465 e. The number of hydrogen-bond acceptors (Lipinski definition) is 15. The molecule has 0 aliphatic carbocycles. The fourth-order valence-electron chi connectivity index (χ4n) is 3.67. The van der Waals surface area contributed by atoms with Gasteiger partial charge < -0.3 is 25.8 Å². The Labute approximate surface area is 338 Å². The monoisotopic (exact) mass is 885 g/mol. The van der Waals surface area contributed by atoms with Crippen LogP contribution in [0.5, 0.6) is 0 Å². The number of nitrogens with zero attached hydrogens (tertiary/aromatic N) is 7. The summed E-state index contributed by atoms with van der Waals surface area (Å²) in [5, 5.41) is 6.26. The van der Waals surface area contributed by atoms with Crippen molar-refractivity contribution in [2.75, 3.05) is 31.0 Å². The molecule has 5 rings (SSSR count). The molecule has 0 aromatic carbocycles. The van der Waals surface area contributed by atoms with E-state index in [-0.39, 0.29) is 19.1 Å². The molecule has 15 nitrogen and oxygen atoms in total. The lowest BCUT2D eigenvalue weighted by Crippen LogP contribution is -2.27. The second kappa shape index (κ2) is 24.7. The van der Waals surface area contributed by atoms with E-state index in [1.54, 1.807) is 57.0 Å². The van der Waals surface area contributed by atoms with Crippen molar-refractivity contribution in [3.63, 3.8) is 0 Å². The molecule has 300 valence electrons. The quantitative estimate of drug-likeness (QED) is 0.0317. The predicted octanol–water partition coefficient (Wildman–Crippen LogP) is 7.19. The highest BCUT2D eigenvalue weighted by atomic mass is 79.9. The molecular weight excluding hydrogens is 848 g/mol. The van der Waals surface area contributed by atoms with Crippen molar-refractivity contribution in [1.29, 1.82) is 0 Å². The molecule has 0 radical (unpaired) electrons. The largest absolute Gasteiger partial charge is 0.465 e. The van der Waals surface area contributed by atoms with Crippen molar-refractivity contribution in [3.05, 3.63) is 95.3 Å². The van der Waals surface area contributed by atoms with Crippen molar-refractivity contribution in [1.82, 2.24) is 34.9 Å². The Morgan fingerprint density at radius 2 is 1.52 bits per heavy atom. The van der Waals surface area contributed by atoms with E-state index < -0.39 is 47.1 Å². The average Bonchev–Trinajstić information content (AvgIpc) is 3.59. The molecule has 0 saturated heterocycles. The van der Waals surface area contributed by atoms with E-state index in [4.69, 9.17) is 11.8 Å². The third-order valence-corrected chi connectivity index (χ3v) is 7.74. The molecule has 1 atom stereocenters. The molecule has 1 unspecified atom stereocenters. The summed E-state index contributed by atoms with van der Waals surface area (Å²) >= 11 is 8.53. The second-order valence-electron chi connectivity index (χ2n) is 9.80. The molecule has 0 spiro atoms. The molecule has 22 heteroatoms. The van der Waals surface area contributed by atoms with Crippen LogP contribution in [0.4, 0.5) is 34.6 Å². The number of anilines is 3. The number of Topliss-reactive ketones (excluding diaryl/α,β-unsaturated/α-hetero) is 1. The van der Waals surface area contributed by atoms with Crippen LogP contribution in [0.25, 0.3) is 11.4 Å². The van der Waals surface area contributed by atoms with E-state index in [0.29, 0.717) is 46.0 Å². The molecule has 0 amide bonds. The number of thiazole rings is 1. The summed E-state index contributed by atoms with van der Waals surface area (Å²) in [5.74, 6) is -1.34. The molecule has 0 aliphatic heterocycles. The van der Waals surface area contributed by atoms with Gasteiger partial charge in [0.1, 0.15) is 16.3 Å². The van der Waals surface area contributed by atoms with Crippen LogP contribution in [0.3, 0.4) is 0 Å². The van der Waals surface area contributed by atoms with Gasteiger partial charge in [-0.15, -0.1) is 0 Å². The van der Waals surface area contributed by atoms with Crippen LogP contribution in [0.15, 0.2) is 73.6 Å². The lowest BCUT2D eigenvalue weighted by molar-refractivity contribution is -0.141. The van der Waals surface area contributed by atoms with Crippen molar-refractivity contribution in [3.8, 4) is 11.4 Å². The number of carbonyl (C=O) groups excluding carboxylic acids is 3. The van der Waals surface area contributed by atoms with Crippen LogP contribution in [0.2, 0.25) is 0 Å². The molecule has 0 bridgehead atoms. The SMILES string of the molecule is C.CCOC(=O)C(Br)C(=O)c1cc(C(F)(F)F)ccn1.CCOC(=O)c1sc(Nc2ncccn2)nc1-c1cc(C)ccn1.NC(=S)Nc1ncccn1.[2H]CF. The van der Waals surface area contributed by atoms with Crippen molar-refractivity contribution in [2.45, 2.75) is 39.2 Å². The Morgan fingerprint density at radius 1 is 0.946 bits per heavy atom. The number of aryl methyl sites for hydroxylation is 1. The highest BCUT2D eigenvalue weighted by Crippen LogP contribution is 2.32. The van der Waals surface area contributed by atoms with E-state index in [9.17, 15) is 31.9 Å². The van der Waals surface area contributed by atoms with E-state index in [1.807, 2.05) is 19.1 Å². The van der Waals surface area contributed by atoms with Crippen molar-refractivity contribution >= 4 is 79.3 Å². The first-order chi connectivity index (χ1) is 26.6. The van der Waals surface area contributed by atoms with Gasteiger partial charge in [-0.1, -0.05) is 34.7 Å². The molecule has 5 aromatic heterocycles. The standard InChI is InChI=1S/C16H15N5O2S.C11H9BrF3NO3.C5H6N4S.CH3F.CH4/c1-3-23-14(22)13-12(11-9-10(2)5-8-17-11)20-16(24-13)21-15-18-6-4-7-19-15;1-2-19-10(18)8(12)9(17)7-5-6(3-4-16-7)11(13,14)15;6-4(10)9-5-7-2-1-3-8-5;1-2;/h4-9H,3H2,1-2H3,(H,18,19,20,21);3-5,8H,2H2,1H3;1-3H,(H3,6,7,8,9,10);1H3;1H4/i;;;1D;. The average molecular weight is 887 g/mol. The minimum absolute atomic E-state index is 0. The number of ketones is 1. The summed E-state index contributed by atoms with van der Waals surface area (Å²) in [6.45, 7) is 5.62. The number of thiocarbonyl (C=S) groups is 1. The highest BCUT2D eigenvalue weighted by molar-refractivity contribution is 9.10. The Balaban J connectivity index is 0.000000438. The number of carbonyl (C=O) groups is 3. The number of nitrogens with one attached hydrogen (secondary N) is 2.